The van der Waals surface area contributed by atoms with Crippen molar-refractivity contribution in [3.05, 3.63) is 70.5 Å². The summed E-state index contributed by atoms with van der Waals surface area (Å²) < 4.78 is 13.8. The standard InChI is InChI=1S/C21H21FN2O3/c1-3-4-11-24-20(26)16-10-9-14(12-17(16)21(24)27)19(25)23(2)13-15-7-5-6-8-18(15)22/h5-10,12H,3-4,11,13H2,1-2H3. The number of unbranched alkanes of at least 4 members (excludes halogenated alkanes) is 1. The Morgan fingerprint density at radius 1 is 1.07 bits per heavy atom. The van der Waals surface area contributed by atoms with Gasteiger partial charge in [0.1, 0.15) is 5.82 Å². The molecule has 5 nitrogen and oxygen atoms in total. The van der Waals surface area contributed by atoms with Crippen LogP contribution in [0, 0.1) is 5.82 Å². The zero-order chi connectivity index (χ0) is 19.6. The highest BCUT2D eigenvalue weighted by Crippen LogP contribution is 2.25. The molecule has 2 aromatic carbocycles. The molecule has 0 N–H and O–H groups in total. The molecule has 3 rings (SSSR count). The molecular weight excluding hydrogens is 347 g/mol. The number of hydrogen-bond acceptors (Lipinski definition) is 3. The van der Waals surface area contributed by atoms with Crippen LogP contribution >= 0.6 is 0 Å². The summed E-state index contributed by atoms with van der Waals surface area (Å²) >= 11 is 0. The van der Waals surface area contributed by atoms with Gasteiger partial charge in [-0.05, 0) is 30.7 Å². The number of carbonyl (C=O) groups excluding carboxylic acids is 3. The Labute approximate surface area is 157 Å². The van der Waals surface area contributed by atoms with Crippen LogP contribution in [-0.4, -0.2) is 41.1 Å². The lowest BCUT2D eigenvalue weighted by atomic mass is 10.0. The van der Waals surface area contributed by atoms with Gasteiger partial charge in [-0.2, -0.15) is 0 Å². The number of imide groups is 1. The van der Waals surface area contributed by atoms with Crippen LogP contribution in [0.5, 0.6) is 0 Å². The summed E-state index contributed by atoms with van der Waals surface area (Å²) in [6, 6.07) is 10.8. The number of rotatable bonds is 6. The van der Waals surface area contributed by atoms with Gasteiger partial charge < -0.3 is 4.90 Å². The Kier molecular flexibility index (Phi) is 5.35. The fourth-order valence-corrected chi connectivity index (χ4v) is 3.12. The SMILES string of the molecule is CCCCN1C(=O)c2ccc(C(=O)N(C)Cc3ccccc3F)cc2C1=O. The van der Waals surface area contributed by atoms with Crippen LogP contribution in [0.15, 0.2) is 42.5 Å². The molecule has 140 valence electrons. The van der Waals surface area contributed by atoms with Crippen LogP contribution in [0.25, 0.3) is 0 Å². The molecule has 0 aromatic heterocycles. The number of nitrogens with zero attached hydrogens (tertiary/aromatic N) is 2. The zero-order valence-electron chi connectivity index (χ0n) is 15.4. The van der Waals surface area contributed by atoms with Crippen LogP contribution in [0.3, 0.4) is 0 Å². The number of amides is 3. The first-order chi connectivity index (χ1) is 12.9. The lowest BCUT2D eigenvalue weighted by Crippen LogP contribution is -2.30. The molecule has 27 heavy (non-hydrogen) atoms. The summed E-state index contributed by atoms with van der Waals surface area (Å²) in [5.41, 5.74) is 1.28. The summed E-state index contributed by atoms with van der Waals surface area (Å²) in [5, 5.41) is 0. The van der Waals surface area contributed by atoms with Gasteiger partial charge >= 0.3 is 0 Å². The second-order valence-corrected chi connectivity index (χ2v) is 6.63. The molecule has 3 amide bonds. The van der Waals surface area contributed by atoms with E-state index in [2.05, 4.69) is 0 Å². The molecular formula is C21H21FN2O3. The fraction of sp³-hybridized carbons (Fsp3) is 0.286. The third-order valence-corrected chi connectivity index (χ3v) is 4.66. The van der Waals surface area contributed by atoms with Gasteiger partial charge in [-0.3, -0.25) is 19.3 Å². The van der Waals surface area contributed by atoms with Crippen molar-refractivity contribution >= 4 is 17.7 Å². The van der Waals surface area contributed by atoms with E-state index < -0.39 is 0 Å². The third-order valence-electron chi connectivity index (χ3n) is 4.66. The third kappa shape index (κ3) is 3.60. The van der Waals surface area contributed by atoms with Gasteiger partial charge in [0.2, 0.25) is 0 Å². The molecule has 2 aromatic rings. The van der Waals surface area contributed by atoms with Gasteiger partial charge in [-0.25, -0.2) is 4.39 Å². The van der Waals surface area contributed by atoms with E-state index in [0.717, 1.165) is 12.8 Å². The quantitative estimate of drug-likeness (QED) is 0.734. The average Bonchev–Trinajstić information content (AvgIpc) is 2.91. The monoisotopic (exact) mass is 368 g/mol. The van der Waals surface area contributed by atoms with Crippen molar-refractivity contribution in [1.82, 2.24) is 9.80 Å². The highest BCUT2D eigenvalue weighted by Gasteiger charge is 2.35. The van der Waals surface area contributed by atoms with E-state index in [-0.39, 0.29) is 35.6 Å². The largest absolute Gasteiger partial charge is 0.337 e. The van der Waals surface area contributed by atoms with Gasteiger partial charge in [0.05, 0.1) is 11.1 Å². The fourth-order valence-electron chi connectivity index (χ4n) is 3.12. The molecule has 0 fully saturated rings. The molecule has 6 heteroatoms. The lowest BCUT2D eigenvalue weighted by molar-refractivity contribution is 0.0652. The maximum Gasteiger partial charge on any atom is 0.261 e. The highest BCUT2D eigenvalue weighted by molar-refractivity contribution is 6.22. The minimum absolute atomic E-state index is 0.109. The van der Waals surface area contributed by atoms with Crippen LogP contribution in [0.4, 0.5) is 4.39 Å². The Morgan fingerprint density at radius 3 is 2.48 bits per heavy atom. The smallest absolute Gasteiger partial charge is 0.261 e. The first kappa shape index (κ1) is 18.8. The normalized spacial score (nSPS) is 13.1. The Balaban J connectivity index is 1.80. The van der Waals surface area contributed by atoms with Crippen LogP contribution in [0.1, 0.15) is 56.4 Å². The molecule has 0 saturated heterocycles. The predicted molar refractivity (Wildman–Crippen MR) is 98.9 cm³/mol. The van der Waals surface area contributed by atoms with Crippen molar-refractivity contribution in [3.63, 3.8) is 0 Å². The number of fused-ring (bicyclic) bond motifs is 1. The van der Waals surface area contributed by atoms with Crippen molar-refractivity contribution in [2.75, 3.05) is 13.6 Å². The van der Waals surface area contributed by atoms with E-state index in [4.69, 9.17) is 0 Å². The van der Waals surface area contributed by atoms with E-state index in [0.29, 0.717) is 23.2 Å². The zero-order valence-corrected chi connectivity index (χ0v) is 15.4. The molecule has 0 spiro atoms. The first-order valence-electron chi connectivity index (χ1n) is 8.93. The van der Waals surface area contributed by atoms with Crippen LogP contribution in [-0.2, 0) is 6.54 Å². The molecule has 0 atom stereocenters. The van der Waals surface area contributed by atoms with E-state index in [1.54, 1.807) is 25.2 Å². The van der Waals surface area contributed by atoms with E-state index in [1.807, 2.05) is 6.92 Å². The second kappa shape index (κ2) is 7.70. The van der Waals surface area contributed by atoms with Crippen molar-refractivity contribution in [2.24, 2.45) is 0 Å². The maximum atomic E-state index is 13.8. The van der Waals surface area contributed by atoms with Gasteiger partial charge in [0.15, 0.2) is 0 Å². The lowest BCUT2D eigenvalue weighted by Gasteiger charge is -2.18. The summed E-state index contributed by atoms with van der Waals surface area (Å²) in [7, 11) is 1.57. The van der Waals surface area contributed by atoms with Crippen molar-refractivity contribution in [3.8, 4) is 0 Å². The minimum Gasteiger partial charge on any atom is -0.337 e. The van der Waals surface area contributed by atoms with Gasteiger partial charge in [-0.15, -0.1) is 0 Å². The Hall–Kier alpha value is -3.02. The molecule has 1 aliphatic heterocycles. The molecule has 0 aliphatic carbocycles. The Morgan fingerprint density at radius 2 is 1.78 bits per heavy atom. The van der Waals surface area contributed by atoms with E-state index in [1.165, 1.54) is 34.1 Å². The predicted octanol–water partition coefficient (Wildman–Crippen LogP) is 3.49. The van der Waals surface area contributed by atoms with Gasteiger partial charge in [-0.1, -0.05) is 31.5 Å². The van der Waals surface area contributed by atoms with Gasteiger partial charge in [0.25, 0.3) is 17.7 Å². The van der Waals surface area contributed by atoms with Crippen molar-refractivity contribution in [2.45, 2.75) is 26.3 Å². The van der Waals surface area contributed by atoms with E-state index >= 15 is 0 Å². The molecule has 1 aliphatic rings. The molecule has 0 saturated carbocycles. The summed E-state index contributed by atoms with van der Waals surface area (Å²) in [4.78, 5) is 40.2. The number of carbonyl (C=O) groups is 3. The van der Waals surface area contributed by atoms with E-state index in [9.17, 15) is 18.8 Å². The van der Waals surface area contributed by atoms with Crippen LogP contribution in [0.2, 0.25) is 0 Å². The van der Waals surface area contributed by atoms with Crippen molar-refractivity contribution in [1.29, 1.82) is 0 Å². The molecule has 0 unspecified atom stereocenters. The molecule has 0 radical (unpaired) electrons. The summed E-state index contributed by atoms with van der Waals surface area (Å²) in [6.07, 6.45) is 1.61. The molecule has 1 heterocycles. The number of benzene rings is 2. The summed E-state index contributed by atoms with van der Waals surface area (Å²) in [6.45, 7) is 2.47. The van der Waals surface area contributed by atoms with Crippen LogP contribution < -0.4 is 0 Å². The minimum atomic E-state index is -0.376. The number of hydrogen-bond donors (Lipinski definition) is 0. The summed E-state index contributed by atoms with van der Waals surface area (Å²) in [5.74, 6) is -1.40. The average molecular weight is 368 g/mol. The highest BCUT2D eigenvalue weighted by atomic mass is 19.1. The van der Waals surface area contributed by atoms with Crippen molar-refractivity contribution < 1.29 is 18.8 Å². The number of halogens is 1. The second-order valence-electron chi connectivity index (χ2n) is 6.63. The Bertz CT molecular complexity index is 910. The van der Waals surface area contributed by atoms with Gasteiger partial charge in [0, 0.05) is 31.3 Å². The first-order valence-corrected chi connectivity index (χ1v) is 8.93. The molecule has 0 bridgehead atoms. The maximum absolute atomic E-state index is 13.8. The topological polar surface area (TPSA) is 57.7 Å².